The van der Waals surface area contributed by atoms with Crippen LogP contribution < -0.4 is 4.31 Å². The zero-order valence-electron chi connectivity index (χ0n) is 19.0. The van der Waals surface area contributed by atoms with Crippen LogP contribution in [0.1, 0.15) is 42.9 Å². The van der Waals surface area contributed by atoms with E-state index >= 15 is 0 Å². The number of carbonyl (C=O) groups is 1. The highest BCUT2D eigenvalue weighted by Gasteiger charge is 2.36. The number of amides is 1. The van der Waals surface area contributed by atoms with E-state index in [1.54, 1.807) is 0 Å². The second kappa shape index (κ2) is 9.86. The maximum absolute atomic E-state index is 13.5. The minimum atomic E-state index is -3.62. The lowest BCUT2D eigenvalue weighted by atomic mass is 9.90. The second-order valence-corrected chi connectivity index (χ2v) is 10.6. The molecule has 0 N–H and O–H groups in total. The lowest BCUT2D eigenvalue weighted by Crippen LogP contribution is -2.52. The summed E-state index contributed by atoms with van der Waals surface area (Å²) in [5.41, 5.74) is 3.75. The van der Waals surface area contributed by atoms with Gasteiger partial charge in [0.15, 0.2) is 0 Å². The predicted molar refractivity (Wildman–Crippen MR) is 127 cm³/mol. The lowest BCUT2D eigenvalue weighted by Gasteiger charge is -2.38. The van der Waals surface area contributed by atoms with Crippen molar-refractivity contribution in [1.82, 2.24) is 4.90 Å². The van der Waals surface area contributed by atoms with Gasteiger partial charge in [0.25, 0.3) is 0 Å². The van der Waals surface area contributed by atoms with Crippen LogP contribution in [0.25, 0.3) is 0 Å². The molecule has 1 aliphatic heterocycles. The molecule has 5 nitrogen and oxygen atoms in total. The second-order valence-electron chi connectivity index (χ2n) is 8.73. The van der Waals surface area contributed by atoms with Crippen molar-refractivity contribution in [2.75, 3.05) is 23.7 Å². The first kappa shape index (κ1) is 23.3. The standard InChI is InChI=1S/C25H34N2O3S/c1-5-23(27(31(4,29)30)24-17-19(2)11-12-20(24)3)25(28)26-15-13-22(14-16-26)18-21-9-7-6-8-10-21/h6-12,17,22-23H,5,13-16,18H2,1-4H3/t23-/m0/s1. The number of sulfonamides is 1. The van der Waals surface area contributed by atoms with E-state index in [-0.39, 0.29) is 5.91 Å². The van der Waals surface area contributed by atoms with Crippen molar-refractivity contribution >= 4 is 21.6 Å². The van der Waals surface area contributed by atoms with Gasteiger partial charge in [-0.15, -0.1) is 0 Å². The summed E-state index contributed by atoms with van der Waals surface area (Å²) in [5.74, 6) is 0.462. The van der Waals surface area contributed by atoms with E-state index in [1.807, 2.05) is 49.9 Å². The molecular weight excluding hydrogens is 408 g/mol. The Morgan fingerprint density at radius 1 is 1.10 bits per heavy atom. The number of aryl methyl sites for hydroxylation is 2. The van der Waals surface area contributed by atoms with Crippen LogP contribution in [0.4, 0.5) is 5.69 Å². The van der Waals surface area contributed by atoms with Crippen molar-refractivity contribution in [2.45, 2.75) is 52.5 Å². The molecule has 2 aromatic carbocycles. The highest BCUT2D eigenvalue weighted by Crippen LogP contribution is 2.29. The third kappa shape index (κ3) is 5.67. The fourth-order valence-electron chi connectivity index (χ4n) is 4.49. The van der Waals surface area contributed by atoms with Gasteiger partial charge in [-0.05, 0) is 68.2 Å². The number of nitrogens with zero attached hydrogens (tertiary/aromatic N) is 2. The van der Waals surface area contributed by atoms with Crippen molar-refractivity contribution in [3.05, 3.63) is 65.2 Å². The number of likely N-dealkylation sites (tertiary alicyclic amines) is 1. The Morgan fingerprint density at radius 3 is 2.32 bits per heavy atom. The van der Waals surface area contributed by atoms with Crippen LogP contribution in [0.15, 0.2) is 48.5 Å². The van der Waals surface area contributed by atoms with E-state index in [0.717, 1.165) is 30.4 Å². The van der Waals surface area contributed by atoms with Gasteiger partial charge in [-0.2, -0.15) is 0 Å². The maximum atomic E-state index is 13.5. The zero-order valence-corrected chi connectivity index (χ0v) is 19.9. The minimum Gasteiger partial charge on any atom is -0.341 e. The molecule has 0 radical (unpaired) electrons. The van der Waals surface area contributed by atoms with Crippen molar-refractivity contribution in [1.29, 1.82) is 0 Å². The van der Waals surface area contributed by atoms with Crippen molar-refractivity contribution in [3.8, 4) is 0 Å². The van der Waals surface area contributed by atoms with Crippen LogP contribution in [0.5, 0.6) is 0 Å². The SMILES string of the molecule is CC[C@@H](C(=O)N1CCC(Cc2ccccc2)CC1)N(c1cc(C)ccc1C)S(C)(=O)=O. The van der Waals surface area contributed by atoms with E-state index in [4.69, 9.17) is 0 Å². The van der Waals surface area contributed by atoms with Crippen molar-refractivity contribution in [3.63, 3.8) is 0 Å². The van der Waals surface area contributed by atoms with Crippen LogP contribution >= 0.6 is 0 Å². The maximum Gasteiger partial charge on any atom is 0.246 e. The van der Waals surface area contributed by atoms with Gasteiger partial charge in [-0.1, -0.05) is 49.4 Å². The molecule has 0 aromatic heterocycles. The molecule has 1 atom stereocenters. The summed E-state index contributed by atoms with van der Waals surface area (Å²) in [4.78, 5) is 15.3. The molecular formula is C25H34N2O3S. The summed E-state index contributed by atoms with van der Waals surface area (Å²) in [6.45, 7) is 7.06. The molecule has 31 heavy (non-hydrogen) atoms. The summed E-state index contributed by atoms with van der Waals surface area (Å²) in [5, 5.41) is 0. The van der Waals surface area contributed by atoms with E-state index in [2.05, 4.69) is 24.3 Å². The number of piperidine rings is 1. The Kier molecular flexibility index (Phi) is 7.42. The van der Waals surface area contributed by atoms with Crippen LogP contribution in [0.2, 0.25) is 0 Å². The monoisotopic (exact) mass is 442 g/mol. The molecule has 1 fully saturated rings. The number of hydrogen-bond donors (Lipinski definition) is 0. The molecule has 1 aliphatic rings. The minimum absolute atomic E-state index is 0.0907. The average molecular weight is 443 g/mol. The molecule has 0 bridgehead atoms. The van der Waals surface area contributed by atoms with Gasteiger partial charge < -0.3 is 4.90 Å². The Bertz CT molecular complexity index is 997. The lowest BCUT2D eigenvalue weighted by molar-refractivity contribution is -0.133. The Hall–Kier alpha value is -2.34. The van der Waals surface area contributed by atoms with Gasteiger partial charge in [0.05, 0.1) is 11.9 Å². The van der Waals surface area contributed by atoms with Crippen LogP contribution in [0.3, 0.4) is 0 Å². The van der Waals surface area contributed by atoms with Gasteiger partial charge in [0.2, 0.25) is 15.9 Å². The average Bonchev–Trinajstić information content (AvgIpc) is 2.74. The van der Waals surface area contributed by atoms with E-state index in [0.29, 0.717) is 31.1 Å². The third-order valence-corrected chi connectivity index (χ3v) is 7.37. The zero-order chi connectivity index (χ0) is 22.6. The summed E-state index contributed by atoms with van der Waals surface area (Å²) in [6, 6.07) is 15.5. The van der Waals surface area contributed by atoms with E-state index in [1.165, 1.54) is 16.1 Å². The highest BCUT2D eigenvalue weighted by molar-refractivity contribution is 7.92. The number of hydrogen-bond acceptors (Lipinski definition) is 3. The molecule has 1 saturated heterocycles. The first-order valence-electron chi connectivity index (χ1n) is 11.1. The first-order valence-corrected chi connectivity index (χ1v) is 12.9. The molecule has 0 saturated carbocycles. The fraction of sp³-hybridized carbons (Fsp3) is 0.480. The number of benzene rings is 2. The van der Waals surface area contributed by atoms with Gasteiger partial charge in [-0.25, -0.2) is 8.42 Å². The highest BCUT2D eigenvalue weighted by atomic mass is 32.2. The Labute approximate surface area is 187 Å². The quantitative estimate of drug-likeness (QED) is 0.641. The molecule has 6 heteroatoms. The summed E-state index contributed by atoms with van der Waals surface area (Å²) in [7, 11) is -3.62. The van der Waals surface area contributed by atoms with Gasteiger partial charge in [0, 0.05) is 13.1 Å². The van der Waals surface area contributed by atoms with Gasteiger partial charge >= 0.3 is 0 Å². The Morgan fingerprint density at radius 2 is 1.74 bits per heavy atom. The predicted octanol–water partition coefficient (Wildman–Crippen LogP) is 4.33. The van der Waals surface area contributed by atoms with Crippen molar-refractivity contribution in [2.24, 2.45) is 5.92 Å². The van der Waals surface area contributed by atoms with Crippen LogP contribution in [-0.2, 0) is 21.2 Å². The molecule has 0 unspecified atom stereocenters. The molecule has 168 valence electrons. The van der Waals surface area contributed by atoms with Gasteiger partial charge in [-0.3, -0.25) is 9.10 Å². The molecule has 0 aliphatic carbocycles. The van der Waals surface area contributed by atoms with Crippen LogP contribution in [0, 0.1) is 19.8 Å². The topological polar surface area (TPSA) is 57.7 Å². The normalized spacial score (nSPS) is 16.2. The molecule has 1 amide bonds. The molecule has 3 rings (SSSR count). The summed E-state index contributed by atoms with van der Waals surface area (Å²) < 4.78 is 26.9. The third-order valence-electron chi connectivity index (χ3n) is 6.21. The van der Waals surface area contributed by atoms with E-state index < -0.39 is 16.1 Å². The summed E-state index contributed by atoms with van der Waals surface area (Å²) >= 11 is 0. The molecule has 2 aromatic rings. The number of rotatable bonds is 7. The largest absolute Gasteiger partial charge is 0.341 e. The molecule has 0 spiro atoms. The number of anilines is 1. The van der Waals surface area contributed by atoms with E-state index in [9.17, 15) is 13.2 Å². The number of carbonyl (C=O) groups excluding carboxylic acids is 1. The van der Waals surface area contributed by atoms with Gasteiger partial charge in [0.1, 0.15) is 6.04 Å². The van der Waals surface area contributed by atoms with Crippen LogP contribution in [-0.4, -0.2) is 44.6 Å². The Balaban J connectivity index is 1.76. The summed E-state index contributed by atoms with van der Waals surface area (Å²) in [6.07, 6.45) is 4.54. The smallest absolute Gasteiger partial charge is 0.246 e. The van der Waals surface area contributed by atoms with Crippen molar-refractivity contribution < 1.29 is 13.2 Å². The first-order chi connectivity index (χ1) is 14.7. The fourth-order valence-corrected chi connectivity index (χ4v) is 5.75. The molecule has 1 heterocycles.